The third kappa shape index (κ3) is 3.37. The first-order valence-electron chi connectivity index (χ1n) is 7.43. The lowest BCUT2D eigenvalue weighted by Crippen LogP contribution is -2.47. The maximum Gasteiger partial charge on any atom is 0.0813 e. The van der Waals surface area contributed by atoms with E-state index >= 15 is 0 Å². The Kier molecular flexibility index (Phi) is 4.06. The lowest BCUT2D eigenvalue weighted by Gasteiger charge is -2.31. The molecule has 2 aromatic rings. The molecule has 0 radical (unpaired) electrons. The van der Waals surface area contributed by atoms with E-state index in [1.54, 1.807) is 0 Å². The maximum absolute atomic E-state index is 4.40. The molecule has 1 aliphatic heterocycles. The van der Waals surface area contributed by atoms with Crippen molar-refractivity contribution in [3.8, 4) is 0 Å². The molecule has 1 saturated heterocycles. The third-order valence-electron chi connectivity index (χ3n) is 3.90. The zero-order valence-corrected chi connectivity index (χ0v) is 13.2. The number of aromatic nitrogens is 1. The molecular weight excluding hydrogens is 266 g/mol. The molecule has 20 heavy (non-hydrogen) atoms. The van der Waals surface area contributed by atoms with E-state index in [9.17, 15) is 0 Å². The van der Waals surface area contributed by atoms with E-state index in [-0.39, 0.29) is 5.54 Å². The highest BCUT2D eigenvalue weighted by molar-refractivity contribution is 7.19. The van der Waals surface area contributed by atoms with Gasteiger partial charge >= 0.3 is 0 Å². The normalized spacial score (nSPS) is 17.1. The summed E-state index contributed by atoms with van der Waals surface area (Å²) in [5, 5.41) is 3.70. The number of rotatable bonds is 5. The second kappa shape index (κ2) is 5.80. The molecule has 0 unspecified atom stereocenters. The Labute approximate surface area is 125 Å². The summed E-state index contributed by atoms with van der Waals surface area (Å²) in [4.78, 5) is 8.34. The van der Waals surface area contributed by atoms with E-state index in [4.69, 9.17) is 0 Å². The second-order valence-electron chi connectivity index (χ2n) is 6.32. The first-order valence-corrected chi connectivity index (χ1v) is 8.25. The van der Waals surface area contributed by atoms with E-state index < -0.39 is 0 Å². The molecule has 108 valence electrons. The van der Waals surface area contributed by atoms with Gasteiger partial charge in [0.25, 0.3) is 0 Å². The maximum atomic E-state index is 4.40. The molecule has 0 amide bonds. The fraction of sp³-hybridized carbons (Fsp3) is 0.562. The number of hydrogen-bond acceptors (Lipinski definition) is 4. The van der Waals surface area contributed by atoms with Gasteiger partial charge < -0.3 is 10.2 Å². The summed E-state index contributed by atoms with van der Waals surface area (Å²) < 4.78 is 1.28. The van der Waals surface area contributed by atoms with E-state index in [0.29, 0.717) is 0 Å². The predicted molar refractivity (Wildman–Crippen MR) is 86.2 cm³/mol. The predicted octanol–water partition coefficient (Wildman–Crippen LogP) is 3.26. The lowest BCUT2D eigenvalue weighted by atomic mass is 10.1. The summed E-state index contributed by atoms with van der Waals surface area (Å²) in [6.07, 6.45) is 4.58. The van der Waals surface area contributed by atoms with Crippen molar-refractivity contribution in [3.63, 3.8) is 0 Å². The van der Waals surface area contributed by atoms with Crippen LogP contribution in [0.25, 0.3) is 10.2 Å². The Bertz CT molecular complexity index is 537. The molecule has 3 heterocycles. The van der Waals surface area contributed by atoms with Crippen LogP contribution in [0, 0.1) is 0 Å². The molecule has 0 spiro atoms. The highest BCUT2D eigenvalue weighted by atomic mass is 32.1. The van der Waals surface area contributed by atoms with Gasteiger partial charge in [-0.15, -0.1) is 11.3 Å². The molecule has 0 aromatic carbocycles. The Morgan fingerprint density at radius 3 is 2.90 bits per heavy atom. The zero-order valence-electron chi connectivity index (χ0n) is 12.4. The number of hydrogen-bond donors (Lipinski definition) is 1. The number of nitrogens with zero attached hydrogens (tertiary/aromatic N) is 2. The Hall–Kier alpha value is -0.970. The molecule has 3 rings (SSSR count). The quantitative estimate of drug-likeness (QED) is 0.915. The van der Waals surface area contributed by atoms with E-state index in [2.05, 4.69) is 41.2 Å². The number of pyridine rings is 1. The summed E-state index contributed by atoms with van der Waals surface area (Å²) in [6, 6.07) is 6.36. The molecule has 1 aliphatic rings. The Morgan fingerprint density at radius 2 is 2.15 bits per heavy atom. The van der Waals surface area contributed by atoms with Gasteiger partial charge in [-0.3, -0.25) is 4.98 Å². The minimum absolute atomic E-state index is 0.161. The minimum Gasteiger partial charge on any atom is -0.306 e. The van der Waals surface area contributed by atoms with Crippen LogP contribution in [0.3, 0.4) is 0 Å². The molecule has 3 nitrogen and oxygen atoms in total. The Morgan fingerprint density at radius 1 is 1.35 bits per heavy atom. The summed E-state index contributed by atoms with van der Waals surface area (Å²) in [5.74, 6) is 0. The van der Waals surface area contributed by atoms with Crippen LogP contribution in [0.5, 0.6) is 0 Å². The molecule has 4 heteroatoms. The van der Waals surface area contributed by atoms with Gasteiger partial charge in [-0.1, -0.05) is 0 Å². The highest BCUT2D eigenvalue weighted by Crippen LogP contribution is 2.24. The van der Waals surface area contributed by atoms with Gasteiger partial charge in [0.2, 0.25) is 0 Å². The molecule has 1 N–H and O–H groups in total. The number of thiophene rings is 1. The van der Waals surface area contributed by atoms with Crippen LogP contribution >= 0.6 is 11.3 Å². The van der Waals surface area contributed by atoms with Crippen LogP contribution in [0.2, 0.25) is 0 Å². The lowest BCUT2D eigenvalue weighted by molar-refractivity contribution is 0.234. The van der Waals surface area contributed by atoms with Gasteiger partial charge in [-0.25, -0.2) is 0 Å². The molecular formula is C16H23N3S. The van der Waals surface area contributed by atoms with Gasteiger partial charge in [0, 0.05) is 29.7 Å². The van der Waals surface area contributed by atoms with Gasteiger partial charge in [0.15, 0.2) is 0 Å². The zero-order chi connectivity index (χ0) is 14.0. The molecule has 0 bridgehead atoms. The molecule has 0 atom stereocenters. The van der Waals surface area contributed by atoms with Gasteiger partial charge in [0.1, 0.15) is 0 Å². The molecule has 2 aromatic heterocycles. The third-order valence-corrected chi connectivity index (χ3v) is 4.99. The largest absolute Gasteiger partial charge is 0.306 e. The average Bonchev–Trinajstić information content (AvgIpc) is 3.04. The van der Waals surface area contributed by atoms with Crippen molar-refractivity contribution in [2.24, 2.45) is 0 Å². The van der Waals surface area contributed by atoms with Crippen molar-refractivity contribution in [2.45, 2.75) is 38.8 Å². The molecule has 0 saturated carbocycles. The molecule has 1 fully saturated rings. The van der Waals surface area contributed by atoms with E-state index in [1.807, 2.05) is 23.6 Å². The summed E-state index contributed by atoms with van der Waals surface area (Å²) in [7, 11) is 0. The minimum atomic E-state index is 0.161. The van der Waals surface area contributed by atoms with Crippen molar-refractivity contribution < 1.29 is 0 Å². The van der Waals surface area contributed by atoms with E-state index in [1.165, 1.54) is 35.5 Å². The second-order valence-corrected chi connectivity index (χ2v) is 7.49. The van der Waals surface area contributed by atoms with Crippen LogP contribution in [0.4, 0.5) is 0 Å². The highest BCUT2D eigenvalue weighted by Gasteiger charge is 2.23. The summed E-state index contributed by atoms with van der Waals surface area (Å²) in [6.45, 7) is 9.20. The number of nitrogens with one attached hydrogen (secondary N) is 1. The van der Waals surface area contributed by atoms with Gasteiger partial charge in [-0.2, -0.15) is 0 Å². The van der Waals surface area contributed by atoms with Crippen LogP contribution < -0.4 is 5.32 Å². The van der Waals surface area contributed by atoms with Crippen molar-refractivity contribution in [1.29, 1.82) is 0 Å². The average molecular weight is 289 g/mol. The fourth-order valence-corrected chi connectivity index (χ4v) is 3.85. The number of likely N-dealkylation sites (tertiary alicyclic amines) is 1. The summed E-state index contributed by atoms with van der Waals surface area (Å²) in [5.41, 5.74) is 1.28. The van der Waals surface area contributed by atoms with Crippen LogP contribution in [-0.4, -0.2) is 35.1 Å². The fourth-order valence-electron chi connectivity index (χ4n) is 2.89. The van der Waals surface area contributed by atoms with Crippen molar-refractivity contribution in [1.82, 2.24) is 15.2 Å². The van der Waals surface area contributed by atoms with Crippen LogP contribution in [0.1, 0.15) is 31.6 Å². The SMILES string of the molecule is CC(C)(CN1CCCC1)NCc1cc2ncccc2s1. The monoisotopic (exact) mass is 289 g/mol. The van der Waals surface area contributed by atoms with Gasteiger partial charge in [0.05, 0.1) is 10.2 Å². The van der Waals surface area contributed by atoms with Crippen LogP contribution in [-0.2, 0) is 6.54 Å². The van der Waals surface area contributed by atoms with Crippen molar-refractivity contribution >= 4 is 21.6 Å². The standard InChI is InChI=1S/C16H23N3S/c1-16(2,12-19-8-3-4-9-19)18-11-13-10-14-15(20-13)6-5-7-17-14/h5-7,10,18H,3-4,8-9,11-12H2,1-2H3. The Balaban J connectivity index is 1.59. The van der Waals surface area contributed by atoms with Crippen LogP contribution in [0.15, 0.2) is 24.4 Å². The molecule has 0 aliphatic carbocycles. The van der Waals surface area contributed by atoms with Gasteiger partial charge in [-0.05, 0) is 58.0 Å². The first kappa shape index (κ1) is 14.0. The summed E-state index contributed by atoms with van der Waals surface area (Å²) >= 11 is 1.84. The number of fused-ring (bicyclic) bond motifs is 1. The van der Waals surface area contributed by atoms with Crippen molar-refractivity contribution in [2.75, 3.05) is 19.6 Å². The topological polar surface area (TPSA) is 28.2 Å². The first-order chi connectivity index (χ1) is 9.62. The smallest absolute Gasteiger partial charge is 0.0813 e. The van der Waals surface area contributed by atoms with E-state index in [0.717, 1.165) is 18.6 Å². The van der Waals surface area contributed by atoms with Crippen molar-refractivity contribution in [3.05, 3.63) is 29.3 Å².